The molecule has 2 aromatic rings. The van der Waals surface area contributed by atoms with Crippen molar-refractivity contribution in [1.82, 2.24) is 10.6 Å². The lowest BCUT2D eigenvalue weighted by Gasteiger charge is -2.18. The zero-order valence-corrected chi connectivity index (χ0v) is 16.9. The summed E-state index contributed by atoms with van der Waals surface area (Å²) in [6, 6.07) is 16.5. The molecule has 0 bridgehead atoms. The molecular formula is C24H30N2O2. The maximum Gasteiger partial charge on any atom is 0.224 e. The van der Waals surface area contributed by atoms with Crippen LogP contribution in [0.15, 0.2) is 48.5 Å². The molecule has 1 fully saturated rings. The van der Waals surface area contributed by atoms with Gasteiger partial charge in [0, 0.05) is 13.0 Å². The standard InChI is InChI=1S/C24H30N2O2/c1-3-19-8-10-20(11-9-19)12-13-22(27)25-17-24(14-15-24)26-23(28)16-21-6-4-18(2)5-7-21/h4-11H,3,12-17H2,1-2H3,(H,25,27)(H,26,28). The first-order valence-corrected chi connectivity index (χ1v) is 10.2. The van der Waals surface area contributed by atoms with E-state index in [0.717, 1.165) is 31.2 Å². The van der Waals surface area contributed by atoms with E-state index < -0.39 is 0 Å². The minimum Gasteiger partial charge on any atom is -0.354 e. The fourth-order valence-electron chi connectivity index (χ4n) is 3.28. The van der Waals surface area contributed by atoms with E-state index in [0.29, 0.717) is 19.4 Å². The average molecular weight is 379 g/mol. The van der Waals surface area contributed by atoms with Crippen LogP contribution in [0.5, 0.6) is 0 Å². The summed E-state index contributed by atoms with van der Waals surface area (Å²) in [5.74, 6) is 0.0604. The number of hydrogen-bond donors (Lipinski definition) is 2. The lowest BCUT2D eigenvalue weighted by atomic mass is 10.1. The number of nitrogens with one attached hydrogen (secondary N) is 2. The topological polar surface area (TPSA) is 58.2 Å². The molecule has 2 amide bonds. The summed E-state index contributed by atoms with van der Waals surface area (Å²) < 4.78 is 0. The predicted molar refractivity (Wildman–Crippen MR) is 112 cm³/mol. The highest BCUT2D eigenvalue weighted by Gasteiger charge is 2.44. The molecule has 4 heteroatoms. The zero-order chi connectivity index (χ0) is 20.0. The Morgan fingerprint density at radius 3 is 2.11 bits per heavy atom. The summed E-state index contributed by atoms with van der Waals surface area (Å²) in [4.78, 5) is 24.5. The lowest BCUT2D eigenvalue weighted by Crippen LogP contribution is -2.46. The van der Waals surface area contributed by atoms with Crippen LogP contribution in [0.4, 0.5) is 0 Å². The first-order chi connectivity index (χ1) is 13.5. The SMILES string of the molecule is CCc1ccc(CCC(=O)NCC2(NC(=O)Cc3ccc(C)cc3)CC2)cc1. The Hall–Kier alpha value is -2.62. The van der Waals surface area contributed by atoms with E-state index in [1.807, 2.05) is 31.2 Å². The Morgan fingerprint density at radius 1 is 0.893 bits per heavy atom. The van der Waals surface area contributed by atoms with Gasteiger partial charge in [0.15, 0.2) is 0 Å². The Morgan fingerprint density at radius 2 is 1.50 bits per heavy atom. The minimum atomic E-state index is -0.250. The highest BCUT2D eigenvalue weighted by molar-refractivity contribution is 5.80. The van der Waals surface area contributed by atoms with Gasteiger partial charge in [-0.2, -0.15) is 0 Å². The van der Waals surface area contributed by atoms with E-state index in [1.54, 1.807) is 0 Å². The number of rotatable bonds is 9. The molecule has 4 nitrogen and oxygen atoms in total. The van der Waals surface area contributed by atoms with Gasteiger partial charge in [0.2, 0.25) is 11.8 Å². The van der Waals surface area contributed by atoms with Crippen LogP contribution in [-0.2, 0) is 28.9 Å². The Kier molecular flexibility index (Phi) is 6.50. The van der Waals surface area contributed by atoms with Crippen LogP contribution in [-0.4, -0.2) is 23.9 Å². The second-order valence-corrected chi connectivity index (χ2v) is 7.94. The van der Waals surface area contributed by atoms with Crippen LogP contribution in [0.25, 0.3) is 0 Å². The van der Waals surface area contributed by atoms with Gasteiger partial charge in [0.1, 0.15) is 0 Å². The van der Waals surface area contributed by atoms with Crippen LogP contribution in [0.3, 0.4) is 0 Å². The number of hydrogen-bond acceptors (Lipinski definition) is 2. The van der Waals surface area contributed by atoms with E-state index in [2.05, 4.69) is 41.8 Å². The first-order valence-electron chi connectivity index (χ1n) is 10.2. The fourth-order valence-corrected chi connectivity index (χ4v) is 3.28. The van der Waals surface area contributed by atoms with Crippen molar-refractivity contribution >= 4 is 11.8 Å². The van der Waals surface area contributed by atoms with Crippen LogP contribution >= 0.6 is 0 Å². The number of carbonyl (C=O) groups excluding carboxylic acids is 2. The summed E-state index contributed by atoms with van der Waals surface area (Å²) in [6.45, 7) is 4.68. The maximum atomic E-state index is 12.3. The van der Waals surface area contributed by atoms with Gasteiger partial charge >= 0.3 is 0 Å². The molecular weight excluding hydrogens is 348 g/mol. The van der Waals surface area contributed by atoms with Crippen molar-refractivity contribution < 1.29 is 9.59 Å². The number of aryl methyl sites for hydroxylation is 3. The molecule has 148 valence electrons. The summed E-state index contributed by atoms with van der Waals surface area (Å²) in [5, 5.41) is 6.12. The minimum absolute atomic E-state index is 0.0200. The van der Waals surface area contributed by atoms with Crippen molar-refractivity contribution in [1.29, 1.82) is 0 Å². The van der Waals surface area contributed by atoms with Crippen LogP contribution in [0.1, 0.15) is 48.4 Å². The van der Waals surface area contributed by atoms with Crippen molar-refractivity contribution in [2.45, 2.75) is 57.9 Å². The molecule has 1 aliphatic carbocycles. The Labute approximate surface area is 167 Å². The van der Waals surface area contributed by atoms with Gasteiger partial charge in [-0.15, -0.1) is 0 Å². The van der Waals surface area contributed by atoms with Crippen LogP contribution in [0.2, 0.25) is 0 Å². The van der Waals surface area contributed by atoms with Gasteiger partial charge < -0.3 is 10.6 Å². The van der Waals surface area contributed by atoms with Gasteiger partial charge in [-0.3, -0.25) is 9.59 Å². The van der Waals surface area contributed by atoms with Crippen LogP contribution in [0, 0.1) is 6.92 Å². The second kappa shape index (κ2) is 9.05. The number of benzene rings is 2. The molecule has 2 N–H and O–H groups in total. The molecule has 0 radical (unpaired) electrons. The van der Waals surface area contributed by atoms with Crippen molar-refractivity contribution in [3.8, 4) is 0 Å². The first kappa shape index (κ1) is 20.1. The molecule has 0 atom stereocenters. The van der Waals surface area contributed by atoms with E-state index in [9.17, 15) is 9.59 Å². The summed E-state index contributed by atoms with van der Waals surface area (Å²) in [5.41, 5.74) is 4.44. The zero-order valence-electron chi connectivity index (χ0n) is 16.9. The van der Waals surface area contributed by atoms with E-state index in [1.165, 1.54) is 16.7 Å². The van der Waals surface area contributed by atoms with Crippen molar-refractivity contribution in [3.05, 3.63) is 70.8 Å². The molecule has 0 heterocycles. The molecule has 0 aliphatic heterocycles. The molecule has 0 aromatic heterocycles. The Bertz CT molecular complexity index is 806. The third kappa shape index (κ3) is 5.95. The second-order valence-electron chi connectivity index (χ2n) is 7.94. The fraction of sp³-hybridized carbons (Fsp3) is 0.417. The van der Waals surface area contributed by atoms with Gasteiger partial charge in [-0.05, 0) is 49.3 Å². The molecule has 28 heavy (non-hydrogen) atoms. The monoisotopic (exact) mass is 378 g/mol. The van der Waals surface area contributed by atoms with E-state index in [4.69, 9.17) is 0 Å². The average Bonchev–Trinajstić information content (AvgIpc) is 3.46. The third-order valence-electron chi connectivity index (χ3n) is 5.44. The van der Waals surface area contributed by atoms with E-state index in [-0.39, 0.29) is 17.4 Å². The van der Waals surface area contributed by atoms with Gasteiger partial charge in [0.25, 0.3) is 0 Å². The van der Waals surface area contributed by atoms with Crippen LogP contribution < -0.4 is 10.6 Å². The maximum absolute atomic E-state index is 12.3. The van der Waals surface area contributed by atoms with Crippen molar-refractivity contribution in [3.63, 3.8) is 0 Å². The smallest absolute Gasteiger partial charge is 0.224 e. The largest absolute Gasteiger partial charge is 0.354 e. The lowest BCUT2D eigenvalue weighted by molar-refractivity contribution is -0.123. The molecule has 0 unspecified atom stereocenters. The van der Waals surface area contributed by atoms with E-state index >= 15 is 0 Å². The molecule has 3 rings (SSSR count). The molecule has 1 aliphatic rings. The van der Waals surface area contributed by atoms with Crippen molar-refractivity contribution in [2.24, 2.45) is 0 Å². The Balaban J connectivity index is 1.39. The quantitative estimate of drug-likeness (QED) is 0.702. The molecule has 1 saturated carbocycles. The summed E-state index contributed by atoms with van der Waals surface area (Å²) in [7, 11) is 0. The third-order valence-corrected chi connectivity index (χ3v) is 5.44. The molecule has 2 aromatic carbocycles. The predicted octanol–water partition coefficient (Wildman–Crippen LogP) is 3.50. The number of amides is 2. The summed E-state index contributed by atoms with van der Waals surface area (Å²) in [6.07, 6.45) is 4.46. The number of carbonyl (C=O) groups is 2. The molecule has 0 spiro atoms. The summed E-state index contributed by atoms with van der Waals surface area (Å²) >= 11 is 0. The van der Waals surface area contributed by atoms with Gasteiger partial charge in [0.05, 0.1) is 12.0 Å². The normalized spacial score (nSPS) is 14.4. The highest BCUT2D eigenvalue weighted by Crippen LogP contribution is 2.34. The molecule has 0 saturated heterocycles. The van der Waals surface area contributed by atoms with Gasteiger partial charge in [-0.1, -0.05) is 61.0 Å². The highest BCUT2D eigenvalue weighted by atomic mass is 16.2. The van der Waals surface area contributed by atoms with Gasteiger partial charge in [-0.25, -0.2) is 0 Å². The van der Waals surface area contributed by atoms with Crippen molar-refractivity contribution in [2.75, 3.05) is 6.54 Å².